The Balaban J connectivity index is 1.62. The Kier molecular flexibility index (Phi) is 6.13. The van der Waals surface area contributed by atoms with E-state index in [4.69, 9.17) is 0 Å². The second-order valence-electron chi connectivity index (χ2n) is 8.36. The second-order valence-corrected chi connectivity index (χ2v) is 12.8. The van der Waals surface area contributed by atoms with E-state index in [1.165, 1.54) is 61.3 Å². The minimum atomic E-state index is -1.56. The molecule has 0 N–H and O–H groups in total. The van der Waals surface area contributed by atoms with Crippen molar-refractivity contribution < 1.29 is 0 Å². The standard InChI is InChI=1S/C23H33NSi/c1-20(19-24-16-8-5-9-17-24)18-21-12-14-23(15-13-21)25(2,3)22-10-6-4-7-11-22/h4,6-7,10-15,20H,5,8-9,16-19H2,1-3H3. The molecule has 25 heavy (non-hydrogen) atoms. The van der Waals surface area contributed by atoms with Gasteiger partial charge in [-0.2, -0.15) is 0 Å². The van der Waals surface area contributed by atoms with Crippen molar-refractivity contribution in [2.75, 3.05) is 19.6 Å². The molecule has 0 aliphatic carbocycles. The third kappa shape index (κ3) is 4.83. The van der Waals surface area contributed by atoms with Gasteiger partial charge in [-0.15, -0.1) is 0 Å². The van der Waals surface area contributed by atoms with Gasteiger partial charge in [-0.3, -0.25) is 0 Å². The summed E-state index contributed by atoms with van der Waals surface area (Å²) in [5, 5.41) is 3.05. The number of nitrogens with zero attached hydrogens (tertiary/aromatic N) is 1. The average Bonchev–Trinajstić information content (AvgIpc) is 2.63. The summed E-state index contributed by atoms with van der Waals surface area (Å²) < 4.78 is 0. The number of likely N-dealkylation sites (tertiary alicyclic amines) is 1. The summed E-state index contributed by atoms with van der Waals surface area (Å²) in [4.78, 5) is 2.66. The van der Waals surface area contributed by atoms with Crippen LogP contribution in [0.25, 0.3) is 0 Å². The van der Waals surface area contributed by atoms with Crippen LogP contribution >= 0.6 is 0 Å². The molecule has 0 aromatic heterocycles. The highest BCUT2D eigenvalue weighted by Crippen LogP contribution is 2.15. The van der Waals surface area contributed by atoms with Crippen molar-refractivity contribution >= 4 is 18.4 Å². The Morgan fingerprint density at radius 1 is 0.840 bits per heavy atom. The van der Waals surface area contributed by atoms with Crippen molar-refractivity contribution in [3.05, 3.63) is 60.2 Å². The van der Waals surface area contributed by atoms with Crippen LogP contribution in [0.1, 0.15) is 31.7 Å². The molecule has 0 radical (unpaired) electrons. The van der Waals surface area contributed by atoms with E-state index in [1.807, 2.05) is 0 Å². The van der Waals surface area contributed by atoms with Crippen molar-refractivity contribution in [1.29, 1.82) is 0 Å². The lowest BCUT2D eigenvalue weighted by Crippen LogP contribution is -2.52. The SMILES string of the molecule is CC(Cc1ccc([Si](C)(C)c2ccccc2)cc1)CN1CCCCC1. The normalized spacial score (nSPS) is 17.4. The molecule has 1 nitrogen and oxygen atoms in total. The van der Waals surface area contributed by atoms with E-state index in [-0.39, 0.29) is 0 Å². The van der Waals surface area contributed by atoms with Crippen LogP contribution in [0.15, 0.2) is 54.6 Å². The topological polar surface area (TPSA) is 3.24 Å². The second kappa shape index (κ2) is 8.33. The van der Waals surface area contributed by atoms with E-state index >= 15 is 0 Å². The Bertz CT molecular complexity index is 642. The Morgan fingerprint density at radius 2 is 1.44 bits per heavy atom. The molecule has 2 heteroatoms. The molecule has 0 bridgehead atoms. The Morgan fingerprint density at radius 3 is 2.08 bits per heavy atom. The van der Waals surface area contributed by atoms with Crippen molar-refractivity contribution in [3.63, 3.8) is 0 Å². The van der Waals surface area contributed by atoms with Crippen LogP contribution < -0.4 is 10.4 Å². The van der Waals surface area contributed by atoms with Crippen LogP contribution in [0.2, 0.25) is 13.1 Å². The van der Waals surface area contributed by atoms with E-state index in [0.717, 1.165) is 5.92 Å². The maximum Gasteiger partial charge on any atom is 0.112 e. The van der Waals surface area contributed by atoms with E-state index in [1.54, 1.807) is 0 Å². The Hall–Kier alpha value is -1.38. The fraction of sp³-hybridized carbons (Fsp3) is 0.478. The van der Waals surface area contributed by atoms with Crippen LogP contribution in [0.4, 0.5) is 0 Å². The molecule has 1 fully saturated rings. The van der Waals surface area contributed by atoms with Gasteiger partial charge in [0.1, 0.15) is 8.07 Å². The first kappa shape index (κ1) is 18.4. The molecule has 1 heterocycles. The van der Waals surface area contributed by atoms with E-state index < -0.39 is 8.07 Å². The summed E-state index contributed by atoms with van der Waals surface area (Å²) in [6, 6.07) is 20.6. The van der Waals surface area contributed by atoms with E-state index in [9.17, 15) is 0 Å². The fourth-order valence-corrected chi connectivity index (χ4v) is 6.49. The minimum Gasteiger partial charge on any atom is -0.303 e. The molecule has 3 rings (SSSR count). The first-order valence-electron chi connectivity index (χ1n) is 9.93. The maximum atomic E-state index is 2.66. The van der Waals surface area contributed by atoms with Gasteiger partial charge in [0.15, 0.2) is 0 Å². The quantitative estimate of drug-likeness (QED) is 0.706. The van der Waals surface area contributed by atoms with Crippen LogP contribution in [0.3, 0.4) is 0 Å². The third-order valence-electron chi connectivity index (χ3n) is 5.77. The van der Waals surface area contributed by atoms with Gasteiger partial charge < -0.3 is 4.90 Å². The van der Waals surface area contributed by atoms with Gasteiger partial charge in [-0.1, -0.05) is 91.4 Å². The van der Waals surface area contributed by atoms with Crippen molar-refractivity contribution in [1.82, 2.24) is 4.90 Å². The first-order chi connectivity index (χ1) is 12.1. The molecule has 2 aromatic rings. The maximum absolute atomic E-state index is 2.66. The zero-order valence-corrected chi connectivity index (χ0v) is 17.2. The van der Waals surface area contributed by atoms with E-state index in [0.29, 0.717) is 0 Å². The third-order valence-corrected chi connectivity index (χ3v) is 9.33. The van der Waals surface area contributed by atoms with Crippen molar-refractivity contribution in [2.24, 2.45) is 5.92 Å². The number of hydrogen-bond acceptors (Lipinski definition) is 1. The highest BCUT2D eigenvalue weighted by Gasteiger charge is 2.25. The summed E-state index contributed by atoms with van der Waals surface area (Å²) in [6.07, 6.45) is 5.40. The summed E-state index contributed by atoms with van der Waals surface area (Å²) in [5.74, 6) is 0.739. The fourth-order valence-electron chi connectivity index (χ4n) is 4.13. The lowest BCUT2D eigenvalue weighted by atomic mass is 9.99. The van der Waals surface area contributed by atoms with Crippen LogP contribution in [0.5, 0.6) is 0 Å². The molecular formula is C23H33NSi. The molecule has 0 amide bonds. The number of piperidine rings is 1. The molecule has 0 saturated carbocycles. The first-order valence-corrected chi connectivity index (χ1v) is 12.9. The van der Waals surface area contributed by atoms with Crippen molar-refractivity contribution in [3.8, 4) is 0 Å². The molecule has 1 unspecified atom stereocenters. The highest BCUT2D eigenvalue weighted by atomic mass is 28.3. The van der Waals surface area contributed by atoms with Gasteiger partial charge in [-0.25, -0.2) is 0 Å². The summed E-state index contributed by atoms with van der Waals surface area (Å²) in [5.41, 5.74) is 1.49. The molecule has 0 spiro atoms. The number of hydrogen-bond donors (Lipinski definition) is 0. The van der Waals surface area contributed by atoms with Crippen molar-refractivity contribution in [2.45, 2.75) is 45.7 Å². The van der Waals surface area contributed by atoms with Crippen LogP contribution in [-0.4, -0.2) is 32.6 Å². The van der Waals surface area contributed by atoms with Crippen LogP contribution in [-0.2, 0) is 6.42 Å². The van der Waals surface area contributed by atoms with Gasteiger partial charge in [-0.05, 0) is 43.8 Å². The zero-order chi connectivity index (χ0) is 17.7. The lowest BCUT2D eigenvalue weighted by Gasteiger charge is -2.29. The van der Waals surface area contributed by atoms with Gasteiger partial charge in [0, 0.05) is 6.54 Å². The zero-order valence-electron chi connectivity index (χ0n) is 16.2. The lowest BCUT2D eigenvalue weighted by molar-refractivity contribution is 0.200. The van der Waals surface area contributed by atoms with Gasteiger partial charge in [0.25, 0.3) is 0 Å². The van der Waals surface area contributed by atoms with Gasteiger partial charge in [0.05, 0.1) is 0 Å². The molecular weight excluding hydrogens is 318 g/mol. The van der Waals surface area contributed by atoms with Gasteiger partial charge in [0.2, 0.25) is 0 Å². The molecule has 134 valence electrons. The summed E-state index contributed by atoms with van der Waals surface area (Å²) in [7, 11) is -1.56. The summed E-state index contributed by atoms with van der Waals surface area (Å²) >= 11 is 0. The molecule has 2 aromatic carbocycles. The Labute approximate surface area is 155 Å². The predicted molar refractivity (Wildman–Crippen MR) is 113 cm³/mol. The van der Waals surface area contributed by atoms with Gasteiger partial charge >= 0.3 is 0 Å². The molecule has 1 atom stereocenters. The van der Waals surface area contributed by atoms with E-state index in [2.05, 4.69) is 79.5 Å². The molecule has 1 saturated heterocycles. The summed E-state index contributed by atoms with van der Waals surface area (Å²) in [6.45, 7) is 11.2. The predicted octanol–water partition coefficient (Wildman–Crippen LogP) is 4.17. The molecule has 1 aliphatic rings. The average molecular weight is 352 g/mol. The van der Waals surface area contributed by atoms with Crippen LogP contribution in [0, 0.1) is 5.92 Å². The number of benzene rings is 2. The number of rotatable bonds is 6. The monoisotopic (exact) mass is 351 g/mol. The molecule has 1 aliphatic heterocycles. The highest BCUT2D eigenvalue weighted by molar-refractivity contribution is 7.00. The minimum absolute atomic E-state index is 0.739. The smallest absolute Gasteiger partial charge is 0.112 e. The largest absolute Gasteiger partial charge is 0.303 e.